The molecule has 0 radical (unpaired) electrons. The second-order valence-electron chi connectivity index (χ2n) is 4.62. The van der Waals surface area contributed by atoms with Gasteiger partial charge in [-0.3, -0.25) is 4.79 Å². The molecule has 24 heavy (non-hydrogen) atoms. The van der Waals surface area contributed by atoms with E-state index in [1.54, 1.807) is 6.08 Å². The zero-order valence-corrected chi connectivity index (χ0v) is 13.9. The first-order valence-electron chi connectivity index (χ1n) is 6.67. The second-order valence-corrected chi connectivity index (χ2v) is 5.41. The Hall–Kier alpha value is -2.58. The fourth-order valence-electron chi connectivity index (χ4n) is 2.20. The SMILES string of the molecule is C=CCn1nnnc1-c1c(Cl)c(Cl)cc2nc(OC)c(C=O)nc12. The van der Waals surface area contributed by atoms with Crippen LogP contribution in [0.2, 0.25) is 10.0 Å². The highest BCUT2D eigenvalue weighted by atomic mass is 35.5. The summed E-state index contributed by atoms with van der Waals surface area (Å²) < 4.78 is 6.55. The number of methoxy groups -OCH3 is 1. The van der Waals surface area contributed by atoms with Gasteiger partial charge in [0.05, 0.1) is 34.8 Å². The molecule has 0 N–H and O–H groups in total. The third kappa shape index (κ3) is 2.59. The van der Waals surface area contributed by atoms with Crippen LogP contribution < -0.4 is 4.74 Å². The van der Waals surface area contributed by atoms with Crippen molar-refractivity contribution in [3.8, 4) is 17.3 Å². The topological polar surface area (TPSA) is 95.7 Å². The number of benzene rings is 1. The van der Waals surface area contributed by atoms with Crippen LogP contribution in [-0.2, 0) is 6.54 Å². The summed E-state index contributed by atoms with van der Waals surface area (Å²) in [6.07, 6.45) is 2.18. The molecule has 0 saturated carbocycles. The molecular weight excluding hydrogens is 355 g/mol. The lowest BCUT2D eigenvalue weighted by Crippen LogP contribution is -2.04. The van der Waals surface area contributed by atoms with Crippen LogP contribution >= 0.6 is 23.2 Å². The first-order valence-corrected chi connectivity index (χ1v) is 7.42. The van der Waals surface area contributed by atoms with Crippen LogP contribution in [0.25, 0.3) is 22.4 Å². The van der Waals surface area contributed by atoms with E-state index in [9.17, 15) is 4.79 Å². The summed E-state index contributed by atoms with van der Waals surface area (Å²) in [5.74, 6) is 0.427. The standard InChI is InChI=1S/C14H10Cl2N6O2/c1-3-4-22-13(19-20-21-22)10-11(16)7(15)5-8-12(10)17-9(6-23)14(18-8)24-2/h3,5-6H,1,4H2,2H3. The number of carbonyl (C=O) groups is 1. The number of hydrogen-bond donors (Lipinski definition) is 0. The summed E-state index contributed by atoms with van der Waals surface area (Å²) in [4.78, 5) is 19.8. The molecule has 0 aliphatic carbocycles. The van der Waals surface area contributed by atoms with Gasteiger partial charge in [-0.1, -0.05) is 29.3 Å². The number of allylic oxidation sites excluding steroid dienone is 1. The van der Waals surface area contributed by atoms with Crippen molar-refractivity contribution in [2.24, 2.45) is 0 Å². The molecule has 122 valence electrons. The first-order chi connectivity index (χ1) is 11.6. The molecule has 3 rings (SSSR count). The minimum Gasteiger partial charge on any atom is -0.479 e. The molecule has 0 spiro atoms. The van der Waals surface area contributed by atoms with Crippen molar-refractivity contribution < 1.29 is 9.53 Å². The highest BCUT2D eigenvalue weighted by molar-refractivity contribution is 6.45. The molecule has 3 aromatic rings. The lowest BCUT2D eigenvalue weighted by Gasteiger charge is -2.11. The molecule has 0 aliphatic heterocycles. The molecule has 0 atom stereocenters. The molecule has 8 nitrogen and oxygen atoms in total. The van der Waals surface area contributed by atoms with Crippen LogP contribution in [0.3, 0.4) is 0 Å². The maximum atomic E-state index is 11.2. The molecule has 0 aliphatic rings. The summed E-state index contributed by atoms with van der Waals surface area (Å²) >= 11 is 12.6. The van der Waals surface area contributed by atoms with E-state index >= 15 is 0 Å². The van der Waals surface area contributed by atoms with Gasteiger partial charge in [0.1, 0.15) is 5.52 Å². The first kappa shape index (κ1) is 16.3. The van der Waals surface area contributed by atoms with Crippen molar-refractivity contribution in [3.05, 3.63) is 34.5 Å². The maximum absolute atomic E-state index is 11.2. The van der Waals surface area contributed by atoms with Crippen LogP contribution in [0.5, 0.6) is 5.88 Å². The second kappa shape index (κ2) is 6.50. The van der Waals surface area contributed by atoms with Gasteiger partial charge in [-0.25, -0.2) is 14.6 Å². The van der Waals surface area contributed by atoms with Gasteiger partial charge in [-0.05, 0) is 16.5 Å². The fraction of sp³-hybridized carbons (Fsp3) is 0.143. The number of tetrazole rings is 1. The van der Waals surface area contributed by atoms with Crippen LogP contribution in [0.1, 0.15) is 10.5 Å². The van der Waals surface area contributed by atoms with E-state index in [1.807, 2.05) is 0 Å². The quantitative estimate of drug-likeness (QED) is 0.506. The maximum Gasteiger partial charge on any atom is 0.243 e. The number of aldehydes is 1. The number of hydrogen-bond acceptors (Lipinski definition) is 7. The summed E-state index contributed by atoms with van der Waals surface area (Å²) in [6, 6.07) is 1.54. The van der Waals surface area contributed by atoms with E-state index in [0.29, 0.717) is 35.3 Å². The molecule has 0 unspecified atom stereocenters. The van der Waals surface area contributed by atoms with Crippen LogP contribution in [0.15, 0.2) is 18.7 Å². The molecule has 0 bridgehead atoms. The summed E-state index contributed by atoms with van der Waals surface area (Å²) in [5, 5.41) is 12.0. The monoisotopic (exact) mass is 364 g/mol. The lowest BCUT2D eigenvalue weighted by atomic mass is 10.1. The predicted octanol–water partition coefficient (Wildman–Crippen LogP) is 2.60. The van der Waals surface area contributed by atoms with Crippen molar-refractivity contribution in [1.29, 1.82) is 0 Å². The van der Waals surface area contributed by atoms with E-state index in [0.717, 1.165) is 0 Å². The Morgan fingerprint density at radius 3 is 2.83 bits per heavy atom. The van der Waals surface area contributed by atoms with Crippen molar-refractivity contribution >= 4 is 40.5 Å². The predicted molar refractivity (Wildman–Crippen MR) is 88.5 cm³/mol. The lowest BCUT2D eigenvalue weighted by molar-refractivity contribution is 0.111. The molecular formula is C14H10Cl2N6O2. The number of aromatic nitrogens is 6. The van der Waals surface area contributed by atoms with Gasteiger partial charge in [0.2, 0.25) is 5.88 Å². The Bertz CT molecular complexity index is 956. The summed E-state index contributed by atoms with van der Waals surface area (Å²) in [6.45, 7) is 4.01. The normalized spacial score (nSPS) is 10.8. The average molecular weight is 365 g/mol. The molecule has 10 heteroatoms. The van der Waals surface area contributed by atoms with Gasteiger partial charge < -0.3 is 4.74 Å². The summed E-state index contributed by atoms with van der Waals surface area (Å²) in [7, 11) is 1.39. The third-order valence-corrected chi connectivity index (χ3v) is 4.00. The largest absolute Gasteiger partial charge is 0.479 e. The fourth-order valence-corrected chi connectivity index (χ4v) is 2.62. The van der Waals surface area contributed by atoms with Gasteiger partial charge in [0, 0.05) is 0 Å². The zero-order valence-electron chi connectivity index (χ0n) is 12.4. The summed E-state index contributed by atoms with van der Waals surface area (Å²) in [5.41, 5.74) is 1.15. The van der Waals surface area contributed by atoms with Gasteiger partial charge in [0.15, 0.2) is 17.8 Å². The molecule has 0 amide bonds. The molecule has 2 heterocycles. The van der Waals surface area contributed by atoms with Crippen molar-refractivity contribution in [3.63, 3.8) is 0 Å². The molecule has 0 fully saturated rings. The van der Waals surface area contributed by atoms with E-state index in [4.69, 9.17) is 27.9 Å². The van der Waals surface area contributed by atoms with Crippen molar-refractivity contribution in [2.45, 2.75) is 6.54 Å². The number of rotatable bonds is 5. The van der Waals surface area contributed by atoms with Gasteiger partial charge in [-0.15, -0.1) is 11.7 Å². The number of fused-ring (bicyclic) bond motifs is 1. The highest BCUT2D eigenvalue weighted by Gasteiger charge is 2.22. The Labute approximate surface area is 146 Å². The van der Waals surface area contributed by atoms with E-state index in [2.05, 4.69) is 32.1 Å². The Kier molecular flexibility index (Phi) is 4.41. The minimum absolute atomic E-state index is 0.0346. The molecule has 0 saturated heterocycles. The van der Waals surface area contributed by atoms with Crippen molar-refractivity contribution in [1.82, 2.24) is 30.2 Å². The highest BCUT2D eigenvalue weighted by Crippen LogP contribution is 2.38. The minimum atomic E-state index is 0.0346. The molecule has 1 aromatic carbocycles. The number of nitrogens with zero attached hydrogens (tertiary/aromatic N) is 6. The Balaban J connectivity index is 2.41. The molecule has 2 aromatic heterocycles. The average Bonchev–Trinajstić information content (AvgIpc) is 3.03. The van der Waals surface area contributed by atoms with Gasteiger partial charge in [-0.2, -0.15) is 0 Å². The zero-order chi connectivity index (χ0) is 17.3. The third-order valence-electron chi connectivity index (χ3n) is 3.21. The van der Waals surface area contributed by atoms with Crippen LogP contribution in [0, 0.1) is 0 Å². The van der Waals surface area contributed by atoms with Crippen LogP contribution in [-0.4, -0.2) is 43.6 Å². The van der Waals surface area contributed by atoms with Crippen LogP contribution in [0.4, 0.5) is 0 Å². The smallest absolute Gasteiger partial charge is 0.243 e. The van der Waals surface area contributed by atoms with E-state index in [-0.39, 0.29) is 21.6 Å². The van der Waals surface area contributed by atoms with E-state index < -0.39 is 0 Å². The Morgan fingerprint density at radius 1 is 1.38 bits per heavy atom. The number of carbonyl (C=O) groups excluding carboxylic acids is 1. The Morgan fingerprint density at radius 2 is 2.17 bits per heavy atom. The number of halogens is 2. The van der Waals surface area contributed by atoms with Crippen molar-refractivity contribution in [2.75, 3.05) is 7.11 Å². The number of ether oxygens (including phenoxy) is 1. The van der Waals surface area contributed by atoms with E-state index in [1.165, 1.54) is 17.9 Å². The van der Waals surface area contributed by atoms with Gasteiger partial charge >= 0.3 is 0 Å². The van der Waals surface area contributed by atoms with Gasteiger partial charge in [0.25, 0.3) is 0 Å².